The van der Waals surface area contributed by atoms with Gasteiger partial charge in [0, 0.05) is 0 Å². The van der Waals surface area contributed by atoms with Crippen LogP contribution in [0.1, 0.15) is 29.5 Å². The zero-order valence-corrected chi connectivity index (χ0v) is 11.1. The topological polar surface area (TPSA) is 49.3 Å². The van der Waals surface area contributed by atoms with Crippen molar-refractivity contribution in [3.8, 4) is 0 Å². The predicted molar refractivity (Wildman–Crippen MR) is 71.8 cm³/mol. The largest absolute Gasteiger partial charge is 0.481 e. The average molecular weight is 247 g/mol. The van der Waals surface area contributed by atoms with E-state index in [1.807, 2.05) is 0 Å². The number of rotatable bonds is 3. The summed E-state index contributed by atoms with van der Waals surface area (Å²) in [5.41, 5.74) is 2.99. The van der Waals surface area contributed by atoms with E-state index in [-0.39, 0.29) is 0 Å². The second-order valence-corrected chi connectivity index (χ2v) is 5.51. The van der Waals surface area contributed by atoms with Crippen LogP contribution in [0.5, 0.6) is 0 Å². The fraction of sp³-hybridized carbons (Fsp3) is 0.533. The summed E-state index contributed by atoms with van der Waals surface area (Å²) in [5, 5.41) is 12.8. The Morgan fingerprint density at radius 1 is 1.22 bits per heavy atom. The van der Waals surface area contributed by atoms with Crippen LogP contribution in [0.3, 0.4) is 0 Å². The van der Waals surface area contributed by atoms with E-state index in [1.54, 1.807) is 0 Å². The van der Waals surface area contributed by atoms with Crippen LogP contribution in [0.4, 0.5) is 0 Å². The number of benzene rings is 1. The summed E-state index contributed by atoms with van der Waals surface area (Å²) >= 11 is 0. The summed E-state index contributed by atoms with van der Waals surface area (Å²) in [5.74, 6) is -0.650. The van der Waals surface area contributed by atoms with Crippen molar-refractivity contribution in [3.05, 3.63) is 34.9 Å². The van der Waals surface area contributed by atoms with Gasteiger partial charge in [0.25, 0.3) is 0 Å². The van der Waals surface area contributed by atoms with E-state index in [1.165, 1.54) is 11.1 Å². The lowest BCUT2D eigenvalue weighted by Crippen LogP contribution is -2.43. The van der Waals surface area contributed by atoms with Crippen LogP contribution in [0.2, 0.25) is 0 Å². The van der Waals surface area contributed by atoms with Crippen LogP contribution in [-0.2, 0) is 11.2 Å². The van der Waals surface area contributed by atoms with Crippen LogP contribution in [0, 0.1) is 19.3 Å². The normalized spacial score (nSPS) is 18.6. The number of aryl methyl sites for hydroxylation is 2. The van der Waals surface area contributed by atoms with Crippen LogP contribution in [-0.4, -0.2) is 24.2 Å². The highest BCUT2D eigenvalue weighted by Crippen LogP contribution is 2.33. The van der Waals surface area contributed by atoms with Gasteiger partial charge in [0.2, 0.25) is 0 Å². The Bertz CT molecular complexity index is 428. The molecule has 2 N–H and O–H groups in total. The van der Waals surface area contributed by atoms with E-state index in [0.29, 0.717) is 6.42 Å². The molecular formula is C15H21NO2. The molecule has 0 amide bonds. The Morgan fingerprint density at radius 3 is 2.28 bits per heavy atom. The Kier molecular flexibility index (Phi) is 3.71. The second kappa shape index (κ2) is 5.11. The van der Waals surface area contributed by atoms with Gasteiger partial charge in [-0.05, 0) is 51.8 Å². The van der Waals surface area contributed by atoms with Gasteiger partial charge in [0.05, 0.1) is 5.41 Å². The molecule has 0 unspecified atom stereocenters. The van der Waals surface area contributed by atoms with Crippen molar-refractivity contribution in [1.29, 1.82) is 0 Å². The van der Waals surface area contributed by atoms with Crippen molar-refractivity contribution in [2.24, 2.45) is 5.41 Å². The number of carboxylic acid groups (broad SMARTS) is 1. The molecule has 1 aromatic rings. The molecule has 0 aliphatic carbocycles. The lowest BCUT2D eigenvalue weighted by atomic mass is 9.74. The standard InChI is InChI=1S/C15H21NO2/c1-11-7-12(2)9-13(8-11)10-15(14(17)18)3-5-16-6-4-15/h7-9,16H,3-6,10H2,1-2H3,(H,17,18). The molecule has 98 valence electrons. The molecule has 0 aromatic heterocycles. The lowest BCUT2D eigenvalue weighted by Gasteiger charge is -2.33. The third kappa shape index (κ3) is 2.72. The van der Waals surface area contributed by atoms with Crippen molar-refractivity contribution >= 4 is 5.97 Å². The summed E-state index contributed by atoms with van der Waals surface area (Å²) in [6.07, 6.45) is 2.08. The fourth-order valence-corrected chi connectivity index (χ4v) is 2.93. The minimum atomic E-state index is -0.650. The van der Waals surface area contributed by atoms with Gasteiger partial charge < -0.3 is 10.4 Å². The summed E-state index contributed by atoms with van der Waals surface area (Å²) in [4.78, 5) is 11.6. The minimum absolute atomic E-state index is 0.578. The summed E-state index contributed by atoms with van der Waals surface area (Å²) in [7, 11) is 0. The number of carboxylic acids is 1. The third-order valence-electron chi connectivity index (χ3n) is 3.84. The molecule has 1 aliphatic heterocycles. The maximum absolute atomic E-state index is 11.6. The molecule has 18 heavy (non-hydrogen) atoms. The summed E-state index contributed by atoms with van der Waals surface area (Å²) in [6.45, 7) is 5.73. The first-order valence-corrected chi connectivity index (χ1v) is 6.53. The van der Waals surface area contributed by atoms with E-state index in [4.69, 9.17) is 0 Å². The first-order chi connectivity index (χ1) is 8.52. The summed E-state index contributed by atoms with van der Waals surface area (Å²) < 4.78 is 0. The monoisotopic (exact) mass is 247 g/mol. The molecule has 2 rings (SSSR count). The fourth-order valence-electron chi connectivity index (χ4n) is 2.93. The van der Waals surface area contributed by atoms with Gasteiger partial charge in [0.15, 0.2) is 0 Å². The van der Waals surface area contributed by atoms with Gasteiger partial charge in [-0.15, -0.1) is 0 Å². The number of carbonyl (C=O) groups is 1. The highest BCUT2D eigenvalue weighted by Gasteiger charge is 2.39. The Labute approximate surface area is 108 Å². The average Bonchev–Trinajstić information content (AvgIpc) is 2.28. The molecule has 1 saturated heterocycles. The smallest absolute Gasteiger partial charge is 0.310 e. The lowest BCUT2D eigenvalue weighted by molar-refractivity contribution is -0.150. The maximum atomic E-state index is 11.6. The van der Waals surface area contributed by atoms with Crippen molar-refractivity contribution < 1.29 is 9.90 Å². The molecule has 1 heterocycles. The third-order valence-corrected chi connectivity index (χ3v) is 3.84. The van der Waals surface area contributed by atoms with E-state index < -0.39 is 11.4 Å². The second-order valence-electron chi connectivity index (χ2n) is 5.51. The van der Waals surface area contributed by atoms with Gasteiger partial charge in [0.1, 0.15) is 0 Å². The molecule has 0 saturated carbocycles. The van der Waals surface area contributed by atoms with E-state index in [0.717, 1.165) is 31.5 Å². The molecule has 0 atom stereocenters. The maximum Gasteiger partial charge on any atom is 0.310 e. The first kappa shape index (κ1) is 13.1. The van der Waals surface area contributed by atoms with Crippen molar-refractivity contribution in [1.82, 2.24) is 5.32 Å². The van der Waals surface area contributed by atoms with Gasteiger partial charge in [-0.1, -0.05) is 29.3 Å². The Balaban J connectivity index is 2.25. The zero-order valence-electron chi connectivity index (χ0n) is 11.1. The molecule has 3 heteroatoms. The SMILES string of the molecule is Cc1cc(C)cc(CC2(C(=O)O)CCNCC2)c1. The van der Waals surface area contributed by atoms with Crippen LogP contribution in [0.25, 0.3) is 0 Å². The van der Waals surface area contributed by atoms with Gasteiger partial charge in [-0.3, -0.25) is 4.79 Å². The van der Waals surface area contributed by atoms with Crippen LogP contribution >= 0.6 is 0 Å². The number of nitrogens with one attached hydrogen (secondary N) is 1. The van der Waals surface area contributed by atoms with E-state index in [9.17, 15) is 9.90 Å². The Hall–Kier alpha value is -1.35. The molecule has 0 bridgehead atoms. The predicted octanol–water partition coefficient (Wildman–Crippen LogP) is 2.30. The van der Waals surface area contributed by atoms with Crippen LogP contribution in [0.15, 0.2) is 18.2 Å². The molecule has 1 aromatic carbocycles. The zero-order chi connectivity index (χ0) is 13.2. The molecule has 1 aliphatic rings. The molecule has 0 spiro atoms. The Morgan fingerprint density at radius 2 is 1.78 bits per heavy atom. The number of piperidine rings is 1. The highest BCUT2D eigenvalue weighted by atomic mass is 16.4. The van der Waals surface area contributed by atoms with E-state index >= 15 is 0 Å². The van der Waals surface area contributed by atoms with Gasteiger partial charge in [-0.2, -0.15) is 0 Å². The van der Waals surface area contributed by atoms with Crippen LogP contribution < -0.4 is 5.32 Å². The van der Waals surface area contributed by atoms with Crippen molar-refractivity contribution in [2.75, 3.05) is 13.1 Å². The molecule has 0 radical (unpaired) electrons. The van der Waals surface area contributed by atoms with Crippen molar-refractivity contribution in [2.45, 2.75) is 33.1 Å². The van der Waals surface area contributed by atoms with E-state index in [2.05, 4.69) is 37.4 Å². The van der Waals surface area contributed by atoms with Gasteiger partial charge in [-0.25, -0.2) is 0 Å². The number of hydrogen-bond donors (Lipinski definition) is 2. The van der Waals surface area contributed by atoms with Crippen molar-refractivity contribution in [3.63, 3.8) is 0 Å². The first-order valence-electron chi connectivity index (χ1n) is 6.53. The van der Waals surface area contributed by atoms with Gasteiger partial charge >= 0.3 is 5.97 Å². The quantitative estimate of drug-likeness (QED) is 0.861. The summed E-state index contributed by atoms with van der Waals surface area (Å²) in [6, 6.07) is 6.35. The molecular weight excluding hydrogens is 226 g/mol. The minimum Gasteiger partial charge on any atom is -0.481 e. The number of hydrogen-bond acceptors (Lipinski definition) is 2. The highest BCUT2D eigenvalue weighted by molar-refractivity contribution is 5.75. The molecule has 3 nitrogen and oxygen atoms in total. The molecule has 1 fully saturated rings. The number of aliphatic carboxylic acids is 1.